The summed E-state index contributed by atoms with van der Waals surface area (Å²) in [6, 6.07) is 10.2. The molecule has 0 amide bonds. The highest BCUT2D eigenvalue weighted by Crippen LogP contribution is 2.28. The molecule has 2 aliphatic rings. The van der Waals surface area contributed by atoms with Crippen molar-refractivity contribution in [1.29, 1.82) is 0 Å². The minimum atomic E-state index is 0.338. The molecule has 1 aromatic carbocycles. The van der Waals surface area contributed by atoms with Crippen molar-refractivity contribution < 1.29 is 4.74 Å². The van der Waals surface area contributed by atoms with Crippen LogP contribution in [0.1, 0.15) is 12.0 Å². The van der Waals surface area contributed by atoms with Crippen LogP contribution < -0.4 is 15.5 Å². The number of nitrogen functional groups attached to an aromatic ring is 1. The molecular formula is C19H24ClN5O. The van der Waals surface area contributed by atoms with Crippen molar-refractivity contribution in [3.05, 3.63) is 40.9 Å². The Hall–Kier alpha value is -2.05. The summed E-state index contributed by atoms with van der Waals surface area (Å²) in [5, 5.41) is 0.786. The van der Waals surface area contributed by atoms with E-state index in [0.29, 0.717) is 11.9 Å². The SMILES string of the molecule is Nc1nc(N2CCOCC2)cc(N2CCC(Cc3ccc(Cl)cc3)C2)n1. The Labute approximate surface area is 158 Å². The van der Waals surface area contributed by atoms with E-state index in [1.54, 1.807) is 0 Å². The lowest BCUT2D eigenvalue weighted by Gasteiger charge is -2.29. The summed E-state index contributed by atoms with van der Waals surface area (Å²) in [6.45, 7) is 5.13. The van der Waals surface area contributed by atoms with Gasteiger partial charge in [0, 0.05) is 37.3 Å². The Balaban J connectivity index is 1.44. The number of aromatic nitrogens is 2. The number of anilines is 3. The van der Waals surface area contributed by atoms with Gasteiger partial charge in [-0.2, -0.15) is 9.97 Å². The first-order valence-corrected chi connectivity index (χ1v) is 9.52. The van der Waals surface area contributed by atoms with Gasteiger partial charge in [0.1, 0.15) is 11.6 Å². The highest BCUT2D eigenvalue weighted by Gasteiger charge is 2.25. The lowest BCUT2D eigenvalue weighted by molar-refractivity contribution is 0.122. The average Bonchev–Trinajstić information content (AvgIpc) is 3.12. The minimum Gasteiger partial charge on any atom is -0.378 e. The standard InChI is InChI=1S/C19H24ClN5O/c20-16-3-1-14(2-4-16)11-15-5-6-25(13-15)18-12-17(22-19(21)23-18)24-7-9-26-10-8-24/h1-4,12,15H,5-11,13H2,(H2,21,22,23). The summed E-state index contributed by atoms with van der Waals surface area (Å²) in [6.07, 6.45) is 2.21. The van der Waals surface area contributed by atoms with Crippen molar-refractivity contribution in [1.82, 2.24) is 9.97 Å². The summed E-state index contributed by atoms with van der Waals surface area (Å²) >= 11 is 5.98. The fourth-order valence-electron chi connectivity index (χ4n) is 3.72. The maximum absolute atomic E-state index is 5.99. The molecule has 4 rings (SSSR count). The molecule has 6 nitrogen and oxygen atoms in total. The zero-order chi connectivity index (χ0) is 17.9. The molecule has 2 saturated heterocycles. The van der Waals surface area contributed by atoms with Crippen molar-refractivity contribution in [3.8, 4) is 0 Å². The fourth-order valence-corrected chi connectivity index (χ4v) is 3.84. The van der Waals surface area contributed by atoms with Gasteiger partial charge in [-0.25, -0.2) is 0 Å². The largest absolute Gasteiger partial charge is 0.378 e. The summed E-state index contributed by atoms with van der Waals surface area (Å²) in [5.74, 6) is 2.78. The fraction of sp³-hybridized carbons (Fsp3) is 0.474. The molecule has 0 saturated carbocycles. The van der Waals surface area contributed by atoms with E-state index < -0.39 is 0 Å². The number of nitrogens with two attached hydrogens (primary N) is 1. The quantitative estimate of drug-likeness (QED) is 0.888. The molecule has 2 fully saturated rings. The molecule has 1 atom stereocenters. The number of ether oxygens (including phenoxy) is 1. The van der Waals surface area contributed by atoms with Crippen LogP contribution >= 0.6 is 11.6 Å². The first-order chi connectivity index (χ1) is 12.7. The van der Waals surface area contributed by atoms with Gasteiger partial charge in [-0.1, -0.05) is 23.7 Å². The summed E-state index contributed by atoms with van der Waals surface area (Å²) in [4.78, 5) is 13.4. The summed E-state index contributed by atoms with van der Waals surface area (Å²) < 4.78 is 5.42. The Morgan fingerprint density at radius 1 is 1.04 bits per heavy atom. The van der Waals surface area contributed by atoms with E-state index in [0.717, 1.165) is 68.9 Å². The third kappa shape index (κ3) is 4.02. The van der Waals surface area contributed by atoms with Crippen LogP contribution in [0.15, 0.2) is 30.3 Å². The lowest BCUT2D eigenvalue weighted by atomic mass is 9.99. The highest BCUT2D eigenvalue weighted by atomic mass is 35.5. The van der Waals surface area contributed by atoms with E-state index >= 15 is 0 Å². The number of halogens is 1. The number of benzene rings is 1. The van der Waals surface area contributed by atoms with E-state index in [2.05, 4.69) is 38.0 Å². The topological polar surface area (TPSA) is 67.5 Å². The van der Waals surface area contributed by atoms with Crippen molar-refractivity contribution in [2.24, 2.45) is 5.92 Å². The molecule has 0 aliphatic carbocycles. The van der Waals surface area contributed by atoms with Gasteiger partial charge >= 0.3 is 0 Å². The maximum atomic E-state index is 5.99. The summed E-state index contributed by atoms with van der Waals surface area (Å²) in [7, 11) is 0. The van der Waals surface area contributed by atoms with Gasteiger partial charge in [-0.15, -0.1) is 0 Å². The van der Waals surface area contributed by atoms with Crippen LogP contribution in [0.4, 0.5) is 17.6 Å². The second-order valence-electron chi connectivity index (χ2n) is 6.97. The first kappa shape index (κ1) is 17.4. The number of hydrogen-bond donors (Lipinski definition) is 1. The van der Waals surface area contributed by atoms with E-state index in [9.17, 15) is 0 Å². The molecule has 2 N–H and O–H groups in total. The third-order valence-electron chi connectivity index (χ3n) is 5.10. The molecule has 0 radical (unpaired) electrons. The molecule has 26 heavy (non-hydrogen) atoms. The number of hydrogen-bond acceptors (Lipinski definition) is 6. The van der Waals surface area contributed by atoms with Crippen LogP contribution in [0, 0.1) is 5.92 Å². The van der Waals surface area contributed by atoms with Gasteiger partial charge < -0.3 is 20.3 Å². The highest BCUT2D eigenvalue weighted by molar-refractivity contribution is 6.30. The molecule has 1 aromatic heterocycles. The van der Waals surface area contributed by atoms with Crippen LogP contribution in [0.25, 0.3) is 0 Å². The molecule has 1 unspecified atom stereocenters. The maximum Gasteiger partial charge on any atom is 0.223 e. The molecule has 2 aliphatic heterocycles. The molecule has 0 bridgehead atoms. The van der Waals surface area contributed by atoms with Crippen molar-refractivity contribution in [3.63, 3.8) is 0 Å². The second kappa shape index (κ2) is 7.68. The van der Waals surface area contributed by atoms with E-state index in [1.807, 2.05) is 12.1 Å². The van der Waals surface area contributed by atoms with E-state index in [-0.39, 0.29) is 0 Å². The smallest absolute Gasteiger partial charge is 0.223 e. The van der Waals surface area contributed by atoms with Gasteiger partial charge in [0.15, 0.2) is 0 Å². The third-order valence-corrected chi connectivity index (χ3v) is 5.35. The van der Waals surface area contributed by atoms with Gasteiger partial charge in [0.2, 0.25) is 5.95 Å². The monoisotopic (exact) mass is 373 g/mol. The van der Waals surface area contributed by atoms with E-state index in [1.165, 1.54) is 5.56 Å². The molecule has 0 spiro atoms. The molecule has 2 aromatic rings. The first-order valence-electron chi connectivity index (χ1n) is 9.14. The van der Waals surface area contributed by atoms with Crippen LogP contribution in [0.5, 0.6) is 0 Å². The van der Waals surface area contributed by atoms with Crippen LogP contribution in [0.2, 0.25) is 5.02 Å². The van der Waals surface area contributed by atoms with Crippen LogP contribution in [-0.4, -0.2) is 49.4 Å². The van der Waals surface area contributed by atoms with Gasteiger partial charge in [-0.3, -0.25) is 0 Å². The Morgan fingerprint density at radius 3 is 2.46 bits per heavy atom. The van der Waals surface area contributed by atoms with Gasteiger partial charge in [0.25, 0.3) is 0 Å². The number of nitrogens with zero attached hydrogens (tertiary/aromatic N) is 4. The predicted molar refractivity (Wildman–Crippen MR) is 105 cm³/mol. The lowest BCUT2D eigenvalue weighted by Crippen LogP contribution is -2.37. The van der Waals surface area contributed by atoms with E-state index in [4.69, 9.17) is 22.1 Å². The number of morpholine rings is 1. The Morgan fingerprint density at radius 2 is 1.73 bits per heavy atom. The predicted octanol–water partition coefficient (Wildman–Crippen LogP) is 2.62. The van der Waals surface area contributed by atoms with Crippen molar-refractivity contribution in [2.45, 2.75) is 12.8 Å². The minimum absolute atomic E-state index is 0.338. The number of rotatable bonds is 4. The Bertz CT molecular complexity index is 748. The zero-order valence-corrected chi connectivity index (χ0v) is 15.5. The average molecular weight is 374 g/mol. The van der Waals surface area contributed by atoms with Crippen LogP contribution in [-0.2, 0) is 11.2 Å². The second-order valence-corrected chi connectivity index (χ2v) is 7.41. The van der Waals surface area contributed by atoms with Crippen LogP contribution in [0.3, 0.4) is 0 Å². The molecule has 138 valence electrons. The molecule has 7 heteroatoms. The zero-order valence-electron chi connectivity index (χ0n) is 14.8. The molecule has 3 heterocycles. The van der Waals surface area contributed by atoms with Crippen molar-refractivity contribution >= 4 is 29.2 Å². The van der Waals surface area contributed by atoms with Gasteiger partial charge in [-0.05, 0) is 36.5 Å². The van der Waals surface area contributed by atoms with Crippen molar-refractivity contribution in [2.75, 3.05) is 54.9 Å². The normalized spacial score (nSPS) is 20.6. The van der Waals surface area contributed by atoms with Gasteiger partial charge in [0.05, 0.1) is 13.2 Å². The summed E-state index contributed by atoms with van der Waals surface area (Å²) in [5.41, 5.74) is 7.32. The Kier molecular flexibility index (Phi) is 5.13. The molecular weight excluding hydrogens is 350 g/mol.